The van der Waals surface area contributed by atoms with Crippen LogP contribution in [0, 0.1) is 5.92 Å². The number of amides is 2. The van der Waals surface area contributed by atoms with Gasteiger partial charge >= 0.3 is 16.3 Å². The summed E-state index contributed by atoms with van der Waals surface area (Å²) in [5, 5.41) is 13.4. The van der Waals surface area contributed by atoms with E-state index in [-0.39, 0.29) is 29.9 Å². The lowest BCUT2D eigenvalue weighted by molar-refractivity contribution is -0.117. The van der Waals surface area contributed by atoms with Crippen molar-refractivity contribution >= 4 is 27.9 Å². The highest BCUT2D eigenvalue weighted by Gasteiger charge is 2.35. The number of hydrogen-bond donors (Lipinski definition) is 3. The molecule has 9 nitrogen and oxygen atoms in total. The van der Waals surface area contributed by atoms with Crippen molar-refractivity contribution in [2.45, 2.75) is 64.5 Å². The standard InChI is InChI=1S/C20H29N3O6S/c1-20(2,3)29-19(26)21-15-7-5-4-6-14(15)10-13-8-9-16(17(24)11-13)23-12-18(25)22-30(23,27)28/h8-9,11,14-15,24H,4-7,10,12H2,1-3H3,(H,21,26)(H,22,25). The molecule has 1 saturated carbocycles. The predicted molar refractivity (Wildman–Crippen MR) is 111 cm³/mol. The molecule has 0 radical (unpaired) electrons. The van der Waals surface area contributed by atoms with E-state index in [0.29, 0.717) is 6.42 Å². The number of aromatic hydroxyl groups is 1. The Morgan fingerprint density at radius 1 is 1.30 bits per heavy atom. The number of nitrogens with zero attached hydrogens (tertiary/aromatic N) is 1. The molecule has 2 fully saturated rings. The first-order valence-corrected chi connectivity index (χ1v) is 11.5. The summed E-state index contributed by atoms with van der Waals surface area (Å²) >= 11 is 0. The molecule has 3 rings (SSSR count). The van der Waals surface area contributed by atoms with Crippen LogP contribution in [-0.2, 0) is 26.2 Å². The molecule has 1 saturated heterocycles. The summed E-state index contributed by atoms with van der Waals surface area (Å²) in [7, 11) is -3.98. The number of carbonyl (C=O) groups excluding carboxylic acids is 2. The topological polar surface area (TPSA) is 125 Å². The van der Waals surface area contributed by atoms with Crippen molar-refractivity contribution in [3.8, 4) is 5.75 Å². The maximum Gasteiger partial charge on any atom is 0.407 e. The van der Waals surface area contributed by atoms with Gasteiger partial charge in [-0.15, -0.1) is 0 Å². The van der Waals surface area contributed by atoms with Crippen molar-refractivity contribution in [2.75, 3.05) is 10.8 Å². The molecule has 0 aromatic heterocycles. The van der Waals surface area contributed by atoms with Crippen LogP contribution in [0.25, 0.3) is 0 Å². The Morgan fingerprint density at radius 3 is 2.60 bits per heavy atom. The van der Waals surface area contributed by atoms with E-state index in [4.69, 9.17) is 4.74 Å². The number of phenolic OH excluding ortho intramolecular Hbond substituents is 1. The van der Waals surface area contributed by atoms with Crippen molar-refractivity contribution in [1.82, 2.24) is 10.0 Å². The Kier molecular flexibility index (Phi) is 6.16. The molecule has 3 N–H and O–H groups in total. The molecule has 1 aromatic carbocycles. The fourth-order valence-electron chi connectivity index (χ4n) is 3.97. The zero-order chi connectivity index (χ0) is 22.1. The molecule has 1 aliphatic heterocycles. The van der Waals surface area contributed by atoms with E-state index in [0.717, 1.165) is 35.6 Å². The fourth-order valence-corrected chi connectivity index (χ4v) is 5.13. The largest absolute Gasteiger partial charge is 0.506 e. The molecule has 0 bridgehead atoms. The quantitative estimate of drug-likeness (QED) is 0.660. The number of benzene rings is 1. The molecule has 1 heterocycles. The summed E-state index contributed by atoms with van der Waals surface area (Å²) in [5.74, 6) is -0.674. The van der Waals surface area contributed by atoms with Crippen molar-refractivity contribution in [3.63, 3.8) is 0 Å². The van der Waals surface area contributed by atoms with Gasteiger partial charge in [-0.3, -0.25) is 4.79 Å². The number of nitrogens with one attached hydrogen (secondary N) is 2. The van der Waals surface area contributed by atoms with Crippen molar-refractivity contribution in [1.29, 1.82) is 0 Å². The van der Waals surface area contributed by atoms with Crippen molar-refractivity contribution < 1.29 is 27.9 Å². The number of anilines is 1. The first kappa shape index (κ1) is 22.2. The molecule has 10 heteroatoms. The normalized spacial score (nSPS) is 23.7. The maximum absolute atomic E-state index is 12.2. The van der Waals surface area contributed by atoms with Gasteiger partial charge in [0.2, 0.25) is 0 Å². The highest BCUT2D eigenvalue weighted by atomic mass is 32.2. The summed E-state index contributed by atoms with van der Waals surface area (Å²) in [4.78, 5) is 23.6. The minimum absolute atomic E-state index is 0.0313. The molecule has 2 atom stereocenters. The Morgan fingerprint density at radius 2 is 2.00 bits per heavy atom. The molecule has 2 amide bonds. The second-order valence-corrected chi connectivity index (χ2v) is 10.5. The summed E-state index contributed by atoms with van der Waals surface area (Å²) in [6.45, 7) is 5.09. The average Bonchev–Trinajstić information content (AvgIpc) is 2.87. The van der Waals surface area contributed by atoms with Gasteiger partial charge in [0.15, 0.2) is 0 Å². The van der Waals surface area contributed by atoms with Crippen molar-refractivity contribution in [3.05, 3.63) is 23.8 Å². The third-order valence-electron chi connectivity index (χ3n) is 5.24. The smallest absolute Gasteiger partial charge is 0.407 e. The number of ether oxygens (including phenoxy) is 1. The Labute approximate surface area is 177 Å². The van der Waals surface area contributed by atoms with Gasteiger partial charge in [-0.05, 0) is 63.6 Å². The molecule has 2 aliphatic rings. The number of phenols is 1. The highest BCUT2D eigenvalue weighted by molar-refractivity contribution is 7.92. The second-order valence-electron chi connectivity index (χ2n) is 8.86. The lowest BCUT2D eigenvalue weighted by Gasteiger charge is -2.33. The lowest BCUT2D eigenvalue weighted by atomic mass is 9.80. The van der Waals surface area contributed by atoms with Crippen LogP contribution in [0.3, 0.4) is 0 Å². The molecule has 0 spiro atoms. The van der Waals surface area contributed by atoms with Gasteiger partial charge in [0.25, 0.3) is 5.91 Å². The first-order chi connectivity index (χ1) is 13.9. The zero-order valence-electron chi connectivity index (χ0n) is 17.5. The van der Waals surface area contributed by atoms with Crippen LogP contribution >= 0.6 is 0 Å². The third-order valence-corrected chi connectivity index (χ3v) is 6.63. The predicted octanol–water partition coefficient (Wildman–Crippen LogP) is 2.20. The van der Waals surface area contributed by atoms with Crippen LogP contribution in [0.15, 0.2) is 18.2 Å². The zero-order valence-corrected chi connectivity index (χ0v) is 18.3. The van der Waals surface area contributed by atoms with E-state index >= 15 is 0 Å². The highest BCUT2D eigenvalue weighted by Crippen LogP contribution is 2.34. The van der Waals surface area contributed by atoms with Crippen LogP contribution in [0.1, 0.15) is 52.0 Å². The van der Waals surface area contributed by atoms with Gasteiger partial charge in [0.05, 0.1) is 5.69 Å². The monoisotopic (exact) mass is 439 g/mol. The van der Waals surface area contributed by atoms with Crippen LogP contribution in [0.5, 0.6) is 5.75 Å². The molecule has 1 aromatic rings. The summed E-state index contributed by atoms with van der Waals surface area (Å²) in [6.07, 6.45) is 4.05. The van der Waals surface area contributed by atoms with E-state index in [1.807, 2.05) is 25.5 Å². The van der Waals surface area contributed by atoms with E-state index in [9.17, 15) is 23.1 Å². The molecule has 30 heavy (non-hydrogen) atoms. The summed E-state index contributed by atoms with van der Waals surface area (Å²) < 4.78 is 32.1. The average molecular weight is 440 g/mol. The van der Waals surface area contributed by atoms with Crippen LogP contribution in [0.4, 0.5) is 10.5 Å². The minimum Gasteiger partial charge on any atom is -0.506 e. The lowest BCUT2D eigenvalue weighted by Crippen LogP contribution is -2.45. The van der Waals surface area contributed by atoms with Crippen LogP contribution in [-0.4, -0.2) is 43.7 Å². The fraction of sp³-hybridized carbons (Fsp3) is 0.600. The van der Waals surface area contributed by atoms with Gasteiger partial charge in [-0.1, -0.05) is 18.9 Å². The molecular formula is C20H29N3O6S. The van der Waals surface area contributed by atoms with Gasteiger partial charge in [-0.2, -0.15) is 8.42 Å². The maximum atomic E-state index is 12.2. The van der Waals surface area contributed by atoms with Crippen LogP contribution < -0.4 is 14.3 Å². The molecule has 166 valence electrons. The van der Waals surface area contributed by atoms with E-state index in [2.05, 4.69) is 5.32 Å². The summed E-state index contributed by atoms with van der Waals surface area (Å²) in [6, 6.07) is 4.73. The van der Waals surface area contributed by atoms with Gasteiger partial charge < -0.3 is 15.2 Å². The van der Waals surface area contributed by atoms with Gasteiger partial charge in [0, 0.05) is 6.04 Å². The molecular weight excluding hydrogens is 410 g/mol. The molecule has 2 unspecified atom stereocenters. The van der Waals surface area contributed by atoms with Gasteiger partial charge in [0.1, 0.15) is 17.9 Å². The third kappa shape index (κ3) is 5.35. The number of alkyl carbamates (subject to hydrolysis) is 1. The second kappa shape index (κ2) is 8.33. The number of carbonyl (C=O) groups is 2. The van der Waals surface area contributed by atoms with Crippen molar-refractivity contribution in [2.24, 2.45) is 5.92 Å². The minimum atomic E-state index is -3.98. The Hall–Kier alpha value is -2.49. The SMILES string of the molecule is CC(C)(C)OC(=O)NC1CCCCC1Cc1ccc(N2CC(=O)NS2(=O)=O)c(O)c1. The number of hydrogen-bond acceptors (Lipinski definition) is 6. The van der Waals surface area contributed by atoms with Gasteiger partial charge in [-0.25, -0.2) is 13.8 Å². The van der Waals surface area contributed by atoms with E-state index < -0.39 is 27.8 Å². The van der Waals surface area contributed by atoms with Crippen LogP contribution in [0.2, 0.25) is 0 Å². The Bertz CT molecular complexity index is 925. The summed E-state index contributed by atoms with van der Waals surface area (Å²) in [5.41, 5.74) is 0.321. The number of rotatable bonds is 4. The molecule has 1 aliphatic carbocycles. The Balaban J connectivity index is 1.71. The van der Waals surface area contributed by atoms with E-state index in [1.54, 1.807) is 6.07 Å². The first-order valence-electron chi connectivity index (χ1n) is 10.1. The van der Waals surface area contributed by atoms with E-state index in [1.165, 1.54) is 12.1 Å².